The van der Waals surface area contributed by atoms with Gasteiger partial charge in [-0.1, -0.05) is 17.7 Å². The van der Waals surface area contributed by atoms with Crippen molar-refractivity contribution in [2.75, 3.05) is 12.4 Å². The molecule has 3 aromatic rings. The van der Waals surface area contributed by atoms with Crippen LogP contribution in [-0.2, 0) is 16.6 Å². The molecule has 1 amide bonds. The largest absolute Gasteiger partial charge is 0.466 e. The Labute approximate surface area is 209 Å². The number of carbonyl (C=O) groups is 2. The molecule has 0 spiro atoms. The summed E-state index contributed by atoms with van der Waals surface area (Å²) in [5, 5.41) is 13.2. The highest BCUT2D eigenvalue weighted by atomic mass is 79.9. The van der Waals surface area contributed by atoms with E-state index in [-0.39, 0.29) is 17.9 Å². The topological polar surface area (TPSA) is 91.0 Å². The molecule has 174 valence electrons. The lowest BCUT2D eigenvalue weighted by Gasteiger charge is -2.07. The van der Waals surface area contributed by atoms with Crippen molar-refractivity contribution in [3.8, 4) is 16.9 Å². The van der Waals surface area contributed by atoms with Gasteiger partial charge in [0.1, 0.15) is 5.03 Å². The Kier molecular flexibility index (Phi) is 7.45. The molecule has 33 heavy (non-hydrogen) atoms. The number of nitrogens with zero attached hydrogens (tertiary/aromatic N) is 4. The van der Waals surface area contributed by atoms with Crippen LogP contribution in [0.1, 0.15) is 36.5 Å². The molecule has 4 rings (SSSR count). The standard InChI is InChI=1S/C22H23BrClN5O3S/c1-3-32-18(30)8-9-33-21-19(23)22(28(2)27-21)29-12-14(11-25-29)13-4-7-17(24)16(10-13)20(31)26-15-5-6-15/h4,7,10-12,15H,3,5-6,8-9H2,1-2H3,(H,26,31). The van der Waals surface area contributed by atoms with Crippen LogP contribution in [0.3, 0.4) is 0 Å². The lowest BCUT2D eigenvalue weighted by molar-refractivity contribution is -0.142. The number of thioether (sulfide) groups is 1. The summed E-state index contributed by atoms with van der Waals surface area (Å²) in [6.45, 7) is 2.17. The summed E-state index contributed by atoms with van der Waals surface area (Å²) < 4.78 is 9.20. The van der Waals surface area contributed by atoms with Crippen molar-refractivity contribution >= 4 is 51.2 Å². The number of ether oxygens (including phenoxy) is 1. The van der Waals surface area contributed by atoms with Gasteiger partial charge in [-0.3, -0.25) is 9.59 Å². The van der Waals surface area contributed by atoms with Crippen LogP contribution in [0, 0.1) is 0 Å². The maximum absolute atomic E-state index is 12.5. The highest BCUT2D eigenvalue weighted by Gasteiger charge is 2.25. The Bertz CT molecular complexity index is 1190. The van der Waals surface area contributed by atoms with E-state index < -0.39 is 0 Å². The van der Waals surface area contributed by atoms with Crippen molar-refractivity contribution in [2.24, 2.45) is 7.05 Å². The first kappa shape index (κ1) is 23.8. The monoisotopic (exact) mass is 551 g/mol. The lowest BCUT2D eigenvalue weighted by Crippen LogP contribution is -2.25. The van der Waals surface area contributed by atoms with Crippen LogP contribution in [-0.4, -0.2) is 49.8 Å². The first-order chi connectivity index (χ1) is 15.9. The van der Waals surface area contributed by atoms with Gasteiger partial charge >= 0.3 is 5.97 Å². The summed E-state index contributed by atoms with van der Waals surface area (Å²) >= 11 is 11.4. The van der Waals surface area contributed by atoms with Crippen LogP contribution in [0.15, 0.2) is 40.1 Å². The maximum Gasteiger partial charge on any atom is 0.306 e. The molecular weight excluding hydrogens is 530 g/mol. The summed E-state index contributed by atoms with van der Waals surface area (Å²) in [5.74, 6) is 0.938. The van der Waals surface area contributed by atoms with E-state index >= 15 is 0 Å². The molecule has 0 bridgehead atoms. The summed E-state index contributed by atoms with van der Waals surface area (Å²) in [4.78, 5) is 24.1. The Morgan fingerprint density at radius 2 is 2.12 bits per heavy atom. The molecule has 2 heterocycles. The van der Waals surface area contributed by atoms with E-state index in [4.69, 9.17) is 16.3 Å². The van der Waals surface area contributed by atoms with E-state index in [1.807, 2.05) is 19.3 Å². The van der Waals surface area contributed by atoms with Gasteiger partial charge < -0.3 is 10.1 Å². The number of esters is 1. The molecule has 11 heteroatoms. The average molecular weight is 553 g/mol. The molecule has 0 saturated heterocycles. The van der Waals surface area contributed by atoms with Gasteiger partial charge in [0.25, 0.3) is 5.91 Å². The molecule has 1 fully saturated rings. The number of carbonyl (C=O) groups excluding carboxylic acids is 2. The minimum Gasteiger partial charge on any atom is -0.466 e. The van der Waals surface area contributed by atoms with Crippen LogP contribution in [0.4, 0.5) is 0 Å². The van der Waals surface area contributed by atoms with E-state index in [1.165, 1.54) is 11.8 Å². The van der Waals surface area contributed by atoms with E-state index in [2.05, 4.69) is 31.4 Å². The van der Waals surface area contributed by atoms with Crippen LogP contribution in [0.5, 0.6) is 0 Å². The smallest absolute Gasteiger partial charge is 0.306 e. The Hall–Kier alpha value is -2.30. The number of aryl methyl sites for hydroxylation is 1. The summed E-state index contributed by atoms with van der Waals surface area (Å²) in [5.41, 5.74) is 2.14. The third-order valence-corrected chi connectivity index (χ3v) is 7.33. The van der Waals surface area contributed by atoms with Gasteiger partial charge in [0, 0.05) is 30.6 Å². The molecule has 1 N–H and O–H groups in total. The highest BCUT2D eigenvalue weighted by Crippen LogP contribution is 2.33. The van der Waals surface area contributed by atoms with Crippen LogP contribution >= 0.6 is 39.3 Å². The zero-order valence-electron chi connectivity index (χ0n) is 18.2. The van der Waals surface area contributed by atoms with Gasteiger partial charge in [-0.2, -0.15) is 10.2 Å². The molecule has 1 aliphatic carbocycles. The Morgan fingerprint density at radius 1 is 1.33 bits per heavy atom. The van der Waals surface area contributed by atoms with Crippen LogP contribution < -0.4 is 5.32 Å². The molecule has 0 atom stereocenters. The molecular formula is C22H23BrClN5O3S. The first-order valence-corrected chi connectivity index (χ1v) is 12.7. The second-order valence-electron chi connectivity index (χ2n) is 7.59. The second-order valence-corrected chi connectivity index (χ2v) is 9.87. The fourth-order valence-corrected chi connectivity index (χ4v) is 5.15. The normalized spacial score (nSPS) is 13.2. The van der Waals surface area contributed by atoms with Crippen molar-refractivity contribution in [1.82, 2.24) is 24.9 Å². The number of nitrogens with one attached hydrogen (secondary N) is 1. The fourth-order valence-electron chi connectivity index (χ4n) is 3.23. The number of rotatable bonds is 9. The zero-order valence-corrected chi connectivity index (χ0v) is 21.3. The van der Waals surface area contributed by atoms with Gasteiger partial charge in [-0.05, 0) is 53.4 Å². The minimum atomic E-state index is -0.220. The highest BCUT2D eigenvalue weighted by molar-refractivity contribution is 9.10. The molecule has 0 aliphatic heterocycles. The summed E-state index contributed by atoms with van der Waals surface area (Å²) in [6.07, 6.45) is 5.95. The number of hydrogen-bond acceptors (Lipinski definition) is 6. The summed E-state index contributed by atoms with van der Waals surface area (Å²) in [7, 11) is 1.83. The van der Waals surface area contributed by atoms with Gasteiger partial charge in [-0.25, -0.2) is 9.36 Å². The predicted octanol–water partition coefficient (Wildman–Crippen LogP) is 4.63. The number of amides is 1. The Morgan fingerprint density at radius 3 is 2.85 bits per heavy atom. The lowest BCUT2D eigenvalue weighted by atomic mass is 10.1. The number of halogens is 2. The van der Waals surface area contributed by atoms with Gasteiger partial charge in [-0.15, -0.1) is 11.8 Å². The number of benzene rings is 1. The van der Waals surface area contributed by atoms with Crippen molar-refractivity contribution in [2.45, 2.75) is 37.3 Å². The zero-order chi connectivity index (χ0) is 23.5. The maximum atomic E-state index is 12.5. The minimum absolute atomic E-state index is 0.157. The molecule has 2 aromatic heterocycles. The van der Waals surface area contributed by atoms with Crippen molar-refractivity contribution < 1.29 is 14.3 Å². The molecule has 8 nitrogen and oxygen atoms in total. The molecule has 0 unspecified atom stereocenters. The second kappa shape index (κ2) is 10.3. The van der Waals surface area contributed by atoms with E-state index in [0.717, 1.165) is 39.3 Å². The summed E-state index contributed by atoms with van der Waals surface area (Å²) in [6, 6.07) is 5.64. The predicted molar refractivity (Wildman–Crippen MR) is 131 cm³/mol. The third kappa shape index (κ3) is 5.62. The van der Waals surface area contributed by atoms with E-state index in [9.17, 15) is 9.59 Å². The van der Waals surface area contributed by atoms with Crippen molar-refractivity contribution in [3.05, 3.63) is 45.7 Å². The molecule has 1 saturated carbocycles. The van der Waals surface area contributed by atoms with Gasteiger partial charge in [0.2, 0.25) is 0 Å². The molecule has 1 aromatic carbocycles. The molecule has 0 radical (unpaired) electrons. The van der Waals surface area contributed by atoms with E-state index in [1.54, 1.807) is 34.6 Å². The first-order valence-electron chi connectivity index (χ1n) is 10.5. The third-order valence-electron chi connectivity index (χ3n) is 5.04. The van der Waals surface area contributed by atoms with Gasteiger partial charge in [0.15, 0.2) is 5.82 Å². The SMILES string of the molecule is CCOC(=O)CCSc1nn(C)c(-n2cc(-c3ccc(Cl)c(C(=O)NC4CC4)c3)cn2)c1Br. The quantitative estimate of drug-likeness (QED) is 0.308. The Balaban J connectivity index is 1.52. The number of aromatic nitrogens is 4. The average Bonchev–Trinajstić information content (AvgIpc) is 3.38. The van der Waals surface area contributed by atoms with Crippen LogP contribution in [0.2, 0.25) is 5.02 Å². The van der Waals surface area contributed by atoms with Crippen LogP contribution in [0.25, 0.3) is 16.9 Å². The van der Waals surface area contributed by atoms with Crippen molar-refractivity contribution in [1.29, 1.82) is 0 Å². The fraction of sp³-hybridized carbons (Fsp3) is 0.364. The van der Waals surface area contributed by atoms with E-state index in [0.29, 0.717) is 29.4 Å². The number of hydrogen-bond donors (Lipinski definition) is 1. The molecule has 1 aliphatic rings. The van der Waals surface area contributed by atoms with Gasteiger partial charge in [0.05, 0.1) is 34.3 Å². The van der Waals surface area contributed by atoms with Crippen molar-refractivity contribution in [3.63, 3.8) is 0 Å².